The second-order valence-corrected chi connectivity index (χ2v) is 4.56. The maximum absolute atomic E-state index is 6.02. The van der Waals surface area contributed by atoms with Crippen LogP contribution in [0.15, 0.2) is 36.4 Å². The van der Waals surface area contributed by atoms with E-state index < -0.39 is 0 Å². The highest BCUT2D eigenvalue weighted by molar-refractivity contribution is 6.35. The number of nitrogen functional groups attached to an aromatic ring is 1. The van der Waals surface area contributed by atoms with Crippen LogP contribution in [0.25, 0.3) is 0 Å². The number of aryl methyl sites for hydroxylation is 1. The molecule has 0 spiro atoms. The Balaban J connectivity index is 2.34. The Labute approximate surface area is 110 Å². The summed E-state index contributed by atoms with van der Waals surface area (Å²) < 4.78 is 5.66. The summed E-state index contributed by atoms with van der Waals surface area (Å²) in [6, 6.07) is 10.6. The molecule has 2 rings (SSSR count). The molecule has 0 fully saturated rings. The minimum atomic E-state index is 0.457. The zero-order valence-electron chi connectivity index (χ0n) is 9.21. The van der Waals surface area contributed by atoms with Crippen molar-refractivity contribution in [3.8, 4) is 11.5 Å². The molecule has 2 nitrogen and oxygen atoms in total. The first-order chi connectivity index (χ1) is 8.06. The van der Waals surface area contributed by atoms with Gasteiger partial charge in [-0.1, -0.05) is 29.3 Å². The first-order valence-electron chi connectivity index (χ1n) is 5.05. The van der Waals surface area contributed by atoms with Crippen LogP contribution in [0.5, 0.6) is 11.5 Å². The van der Waals surface area contributed by atoms with Gasteiger partial charge < -0.3 is 10.5 Å². The highest BCUT2D eigenvalue weighted by Crippen LogP contribution is 2.34. The molecule has 0 heterocycles. The topological polar surface area (TPSA) is 35.2 Å². The Bertz CT molecular complexity index is 555. The van der Waals surface area contributed by atoms with Crippen LogP contribution in [0.1, 0.15) is 5.56 Å². The van der Waals surface area contributed by atoms with E-state index in [0.29, 0.717) is 27.2 Å². The van der Waals surface area contributed by atoms with Crippen molar-refractivity contribution in [3.05, 3.63) is 52.0 Å². The number of hydrogen-bond acceptors (Lipinski definition) is 2. The fourth-order valence-corrected chi connectivity index (χ4v) is 1.85. The molecular formula is C13H11Cl2NO. The molecule has 0 aliphatic carbocycles. The molecule has 2 aromatic carbocycles. The molecule has 0 aromatic heterocycles. The number of benzene rings is 2. The lowest BCUT2D eigenvalue weighted by molar-refractivity contribution is 0.485. The molecule has 0 aliphatic heterocycles. The van der Waals surface area contributed by atoms with Gasteiger partial charge in [-0.05, 0) is 42.8 Å². The zero-order chi connectivity index (χ0) is 12.4. The van der Waals surface area contributed by atoms with Crippen molar-refractivity contribution in [2.45, 2.75) is 6.92 Å². The largest absolute Gasteiger partial charge is 0.454 e. The molecule has 0 radical (unpaired) electrons. The molecule has 0 atom stereocenters. The van der Waals surface area contributed by atoms with Gasteiger partial charge in [0.2, 0.25) is 0 Å². The first-order valence-corrected chi connectivity index (χ1v) is 5.81. The summed E-state index contributed by atoms with van der Waals surface area (Å²) in [5.74, 6) is 1.13. The van der Waals surface area contributed by atoms with Crippen molar-refractivity contribution >= 4 is 28.9 Å². The highest BCUT2D eigenvalue weighted by atomic mass is 35.5. The lowest BCUT2D eigenvalue weighted by Crippen LogP contribution is -1.93. The molecule has 0 saturated heterocycles. The summed E-state index contributed by atoms with van der Waals surface area (Å²) >= 11 is 11.8. The van der Waals surface area contributed by atoms with Gasteiger partial charge in [-0.2, -0.15) is 0 Å². The summed E-state index contributed by atoms with van der Waals surface area (Å²) in [4.78, 5) is 0. The standard InChI is InChI=1S/C13H11Cl2NO/c1-8-2-4-11(16)13(6-8)17-12-5-3-9(14)7-10(12)15/h2-7H,16H2,1H3. The monoisotopic (exact) mass is 267 g/mol. The fourth-order valence-electron chi connectivity index (χ4n) is 1.41. The van der Waals surface area contributed by atoms with E-state index in [9.17, 15) is 0 Å². The van der Waals surface area contributed by atoms with E-state index in [1.165, 1.54) is 0 Å². The van der Waals surface area contributed by atoms with Gasteiger partial charge in [0, 0.05) is 5.02 Å². The third-order valence-electron chi connectivity index (χ3n) is 2.28. The molecule has 88 valence electrons. The van der Waals surface area contributed by atoms with Gasteiger partial charge in [-0.15, -0.1) is 0 Å². The van der Waals surface area contributed by atoms with Crippen LogP contribution >= 0.6 is 23.2 Å². The molecule has 17 heavy (non-hydrogen) atoms. The Morgan fingerprint density at radius 2 is 1.76 bits per heavy atom. The predicted octanol–water partition coefficient (Wildman–Crippen LogP) is 4.68. The normalized spacial score (nSPS) is 10.3. The average Bonchev–Trinajstić information content (AvgIpc) is 2.27. The molecule has 4 heteroatoms. The summed E-state index contributed by atoms with van der Waals surface area (Å²) in [5, 5.41) is 1.03. The minimum absolute atomic E-state index is 0.457. The summed E-state index contributed by atoms with van der Waals surface area (Å²) in [6.07, 6.45) is 0. The molecule has 0 saturated carbocycles. The number of anilines is 1. The quantitative estimate of drug-likeness (QED) is 0.803. The second kappa shape index (κ2) is 4.86. The maximum Gasteiger partial charge on any atom is 0.150 e. The lowest BCUT2D eigenvalue weighted by atomic mass is 10.2. The Morgan fingerprint density at radius 1 is 1.00 bits per heavy atom. The third-order valence-corrected chi connectivity index (χ3v) is 2.81. The van der Waals surface area contributed by atoms with E-state index >= 15 is 0 Å². The van der Waals surface area contributed by atoms with Crippen molar-refractivity contribution in [1.29, 1.82) is 0 Å². The van der Waals surface area contributed by atoms with Crippen molar-refractivity contribution in [1.82, 2.24) is 0 Å². The Kier molecular flexibility index (Phi) is 3.46. The molecule has 2 aromatic rings. The van der Waals surface area contributed by atoms with Crippen molar-refractivity contribution in [3.63, 3.8) is 0 Å². The van der Waals surface area contributed by atoms with Crippen molar-refractivity contribution in [2.24, 2.45) is 0 Å². The van der Waals surface area contributed by atoms with Gasteiger partial charge in [0.15, 0.2) is 5.75 Å². The molecule has 0 bridgehead atoms. The highest BCUT2D eigenvalue weighted by Gasteiger charge is 2.06. The first kappa shape index (κ1) is 12.1. The number of rotatable bonds is 2. The fraction of sp³-hybridized carbons (Fsp3) is 0.0769. The molecular weight excluding hydrogens is 257 g/mol. The van der Waals surface area contributed by atoms with E-state index in [-0.39, 0.29) is 0 Å². The molecule has 0 amide bonds. The van der Waals surface area contributed by atoms with E-state index in [0.717, 1.165) is 5.56 Å². The van der Waals surface area contributed by atoms with E-state index in [1.54, 1.807) is 24.3 Å². The van der Waals surface area contributed by atoms with Crippen LogP contribution in [0.2, 0.25) is 10.0 Å². The third kappa shape index (κ3) is 2.84. The van der Waals surface area contributed by atoms with Crippen LogP contribution in [-0.2, 0) is 0 Å². The van der Waals surface area contributed by atoms with Crippen LogP contribution in [-0.4, -0.2) is 0 Å². The Morgan fingerprint density at radius 3 is 2.47 bits per heavy atom. The predicted molar refractivity (Wildman–Crippen MR) is 72.1 cm³/mol. The zero-order valence-corrected chi connectivity index (χ0v) is 10.7. The summed E-state index contributed by atoms with van der Waals surface area (Å²) in [6.45, 7) is 1.97. The molecule has 0 unspecified atom stereocenters. The van der Waals surface area contributed by atoms with Gasteiger partial charge in [0.1, 0.15) is 5.75 Å². The lowest BCUT2D eigenvalue weighted by Gasteiger charge is -2.10. The van der Waals surface area contributed by atoms with E-state index in [4.69, 9.17) is 33.7 Å². The van der Waals surface area contributed by atoms with Crippen LogP contribution < -0.4 is 10.5 Å². The number of hydrogen-bond donors (Lipinski definition) is 1. The smallest absolute Gasteiger partial charge is 0.150 e. The SMILES string of the molecule is Cc1ccc(N)c(Oc2ccc(Cl)cc2Cl)c1. The second-order valence-electron chi connectivity index (χ2n) is 3.72. The van der Waals surface area contributed by atoms with Gasteiger partial charge in [-0.25, -0.2) is 0 Å². The molecule has 2 N–H and O–H groups in total. The van der Waals surface area contributed by atoms with E-state index in [1.807, 2.05) is 19.1 Å². The average molecular weight is 268 g/mol. The van der Waals surface area contributed by atoms with Crippen LogP contribution in [0, 0.1) is 6.92 Å². The van der Waals surface area contributed by atoms with Crippen LogP contribution in [0.3, 0.4) is 0 Å². The minimum Gasteiger partial charge on any atom is -0.454 e. The number of halogens is 2. The van der Waals surface area contributed by atoms with Crippen molar-refractivity contribution < 1.29 is 4.74 Å². The maximum atomic E-state index is 6.02. The van der Waals surface area contributed by atoms with Gasteiger partial charge in [0.05, 0.1) is 10.7 Å². The summed E-state index contributed by atoms with van der Waals surface area (Å²) in [5.41, 5.74) is 7.46. The van der Waals surface area contributed by atoms with Crippen molar-refractivity contribution in [2.75, 3.05) is 5.73 Å². The molecule has 0 aliphatic rings. The Hall–Kier alpha value is -1.38. The van der Waals surface area contributed by atoms with E-state index in [2.05, 4.69) is 0 Å². The summed E-state index contributed by atoms with van der Waals surface area (Å²) in [7, 11) is 0. The van der Waals surface area contributed by atoms with Crippen LogP contribution in [0.4, 0.5) is 5.69 Å². The number of nitrogens with two attached hydrogens (primary N) is 1. The van der Waals surface area contributed by atoms with Gasteiger partial charge in [-0.3, -0.25) is 0 Å². The van der Waals surface area contributed by atoms with Gasteiger partial charge >= 0.3 is 0 Å². The van der Waals surface area contributed by atoms with Gasteiger partial charge in [0.25, 0.3) is 0 Å². The number of ether oxygens (including phenoxy) is 1.